The third-order valence-corrected chi connectivity index (χ3v) is 5.51. The Morgan fingerprint density at radius 3 is 1.54 bits per heavy atom. The van der Waals surface area contributed by atoms with Crippen LogP contribution in [0.1, 0.15) is 110 Å². The lowest BCUT2D eigenvalue weighted by Crippen LogP contribution is -2.30. The molecule has 0 aromatic rings. The quantitative estimate of drug-likeness (QED) is 0.301. The van der Waals surface area contributed by atoms with E-state index in [9.17, 15) is 0 Å². The zero-order valence-electron chi connectivity index (χ0n) is 16.8. The van der Waals surface area contributed by atoms with Gasteiger partial charge in [0.05, 0.1) is 0 Å². The predicted molar refractivity (Wildman–Crippen MR) is 109 cm³/mol. The van der Waals surface area contributed by atoms with Crippen LogP contribution in [-0.2, 0) is 0 Å². The average Bonchev–Trinajstić information content (AvgIpc) is 3.11. The zero-order chi connectivity index (χ0) is 17.1. The largest absolute Gasteiger partial charge is 0.315 e. The summed E-state index contributed by atoms with van der Waals surface area (Å²) < 4.78 is 0. The summed E-state index contributed by atoms with van der Waals surface area (Å²) in [5.74, 6) is 0. The van der Waals surface area contributed by atoms with Gasteiger partial charge in [0.2, 0.25) is 0 Å². The van der Waals surface area contributed by atoms with Gasteiger partial charge in [0.15, 0.2) is 0 Å². The molecule has 0 atom stereocenters. The van der Waals surface area contributed by atoms with E-state index in [1.807, 2.05) is 0 Å². The van der Waals surface area contributed by atoms with Crippen LogP contribution in [0.4, 0.5) is 0 Å². The van der Waals surface area contributed by atoms with Gasteiger partial charge in [-0.25, -0.2) is 0 Å². The fraction of sp³-hybridized carbons (Fsp3) is 1.00. The first-order chi connectivity index (χ1) is 11.9. The predicted octanol–water partition coefficient (Wildman–Crippen LogP) is 6.15. The molecule has 0 bridgehead atoms. The summed E-state index contributed by atoms with van der Waals surface area (Å²) in [5.41, 5.74) is 0. The first-order valence-electron chi connectivity index (χ1n) is 11.4. The van der Waals surface area contributed by atoms with Gasteiger partial charge < -0.3 is 10.2 Å². The van der Waals surface area contributed by atoms with Crippen molar-refractivity contribution in [2.75, 3.05) is 32.7 Å². The second kappa shape index (κ2) is 17.7. The van der Waals surface area contributed by atoms with Gasteiger partial charge >= 0.3 is 0 Å². The second-order valence-corrected chi connectivity index (χ2v) is 7.89. The summed E-state index contributed by atoms with van der Waals surface area (Å²) >= 11 is 0. The molecule has 2 heteroatoms. The summed E-state index contributed by atoms with van der Waals surface area (Å²) in [5, 5.41) is 3.61. The molecule has 2 nitrogen and oxygen atoms in total. The highest BCUT2D eigenvalue weighted by Gasteiger charge is 2.09. The van der Waals surface area contributed by atoms with Gasteiger partial charge in [0.1, 0.15) is 0 Å². The lowest BCUT2D eigenvalue weighted by molar-refractivity contribution is 0.335. The van der Waals surface area contributed by atoms with Gasteiger partial charge in [-0.15, -0.1) is 0 Å². The Bertz CT molecular complexity index is 236. The Hall–Kier alpha value is -0.0800. The van der Waals surface area contributed by atoms with E-state index in [0.29, 0.717) is 0 Å². The Labute approximate surface area is 153 Å². The number of nitrogens with zero attached hydrogens (tertiary/aromatic N) is 1. The number of hydrogen-bond acceptors (Lipinski definition) is 2. The number of unbranched alkanes of at least 4 members (excludes halogenated alkanes) is 13. The lowest BCUT2D eigenvalue weighted by atomic mass is 10.0. The van der Waals surface area contributed by atoms with Crippen LogP contribution in [-0.4, -0.2) is 37.6 Å². The van der Waals surface area contributed by atoms with E-state index in [-0.39, 0.29) is 0 Å². The van der Waals surface area contributed by atoms with Crippen LogP contribution in [0, 0.1) is 0 Å². The third-order valence-electron chi connectivity index (χ3n) is 5.51. The molecule has 0 aromatic heterocycles. The molecule has 0 saturated carbocycles. The van der Waals surface area contributed by atoms with Gasteiger partial charge in [-0.2, -0.15) is 0 Å². The molecule has 0 amide bonds. The number of rotatable bonds is 18. The smallest absolute Gasteiger partial charge is 0.0107 e. The second-order valence-electron chi connectivity index (χ2n) is 7.89. The highest BCUT2D eigenvalue weighted by atomic mass is 15.1. The molecule has 0 aliphatic carbocycles. The van der Waals surface area contributed by atoms with Gasteiger partial charge in [0.25, 0.3) is 0 Å². The Morgan fingerprint density at radius 2 is 1.04 bits per heavy atom. The lowest BCUT2D eigenvalue weighted by Gasteiger charge is -2.14. The molecule has 1 saturated heterocycles. The van der Waals surface area contributed by atoms with E-state index in [0.717, 1.165) is 0 Å². The third kappa shape index (κ3) is 14.3. The summed E-state index contributed by atoms with van der Waals surface area (Å²) in [6.07, 6.45) is 23.1. The molecule has 1 N–H and O–H groups in total. The Kier molecular flexibility index (Phi) is 16.2. The van der Waals surface area contributed by atoms with Crippen molar-refractivity contribution < 1.29 is 0 Å². The fourth-order valence-corrected chi connectivity index (χ4v) is 3.81. The minimum absolute atomic E-state index is 1.19. The maximum atomic E-state index is 3.61. The van der Waals surface area contributed by atoms with Crippen LogP contribution < -0.4 is 5.32 Å². The topological polar surface area (TPSA) is 15.3 Å². The highest BCUT2D eigenvalue weighted by molar-refractivity contribution is 4.66. The molecule has 0 spiro atoms. The number of nitrogens with one attached hydrogen (secondary N) is 1. The van der Waals surface area contributed by atoms with E-state index in [2.05, 4.69) is 17.1 Å². The average molecular weight is 339 g/mol. The molecule has 1 fully saturated rings. The molecule has 24 heavy (non-hydrogen) atoms. The molecule has 1 aliphatic heterocycles. The SMILES string of the molecule is CCCCCCCCCCCCCCCCNCCN1CCCC1. The van der Waals surface area contributed by atoms with Crippen molar-refractivity contribution in [3.05, 3.63) is 0 Å². The molecule has 1 heterocycles. The van der Waals surface area contributed by atoms with Crippen molar-refractivity contribution in [1.29, 1.82) is 0 Å². The molecular weight excluding hydrogens is 292 g/mol. The first-order valence-corrected chi connectivity index (χ1v) is 11.4. The monoisotopic (exact) mass is 338 g/mol. The maximum absolute atomic E-state index is 3.61. The van der Waals surface area contributed by atoms with E-state index < -0.39 is 0 Å². The maximum Gasteiger partial charge on any atom is 0.0107 e. The molecule has 0 aromatic carbocycles. The van der Waals surface area contributed by atoms with Crippen LogP contribution >= 0.6 is 0 Å². The molecule has 1 aliphatic rings. The van der Waals surface area contributed by atoms with E-state index >= 15 is 0 Å². The molecule has 1 rings (SSSR count). The van der Waals surface area contributed by atoms with Gasteiger partial charge in [-0.05, 0) is 38.9 Å². The molecular formula is C22H46N2. The van der Waals surface area contributed by atoms with E-state index in [4.69, 9.17) is 0 Å². The number of hydrogen-bond donors (Lipinski definition) is 1. The molecule has 144 valence electrons. The minimum atomic E-state index is 1.19. The van der Waals surface area contributed by atoms with Crippen molar-refractivity contribution >= 4 is 0 Å². The highest BCUT2D eigenvalue weighted by Crippen LogP contribution is 2.12. The van der Waals surface area contributed by atoms with E-state index in [1.54, 1.807) is 0 Å². The van der Waals surface area contributed by atoms with Gasteiger partial charge in [-0.3, -0.25) is 0 Å². The Morgan fingerprint density at radius 1 is 0.583 bits per heavy atom. The van der Waals surface area contributed by atoms with Crippen LogP contribution in [0.3, 0.4) is 0 Å². The van der Waals surface area contributed by atoms with E-state index in [1.165, 1.54) is 135 Å². The fourth-order valence-electron chi connectivity index (χ4n) is 3.81. The van der Waals surface area contributed by atoms with Crippen LogP contribution in [0.25, 0.3) is 0 Å². The van der Waals surface area contributed by atoms with Crippen LogP contribution in [0.2, 0.25) is 0 Å². The standard InChI is InChI=1S/C22H46N2/c1-2-3-4-5-6-7-8-9-10-11-12-13-14-15-18-23-19-22-24-20-16-17-21-24/h23H,2-22H2,1H3. The minimum Gasteiger partial charge on any atom is -0.315 e. The summed E-state index contributed by atoms with van der Waals surface area (Å²) in [6, 6.07) is 0. The zero-order valence-corrected chi connectivity index (χ0v) is 16.8. The molecule has 0 radical (unpaired) electrons. The normalized spacial score (nSPS) is 15.4. The first kappa shape index (κ1) is 22.0. The van der Waals surface area contributed by atoms with Crippen molar-refractivity contribution in [3.8, 4) is 0 Å². The van der Waals surface area contributed by atoms with Gasteiger partial charge in [-0.1, -0.05) is 90.4 Å². The van der Waals surface area contributed by atoms with Crippen LogP contribution in [0.15, 0.2) is 0 Å². The van der Waals surface area contributed by atoms with Gasteiger partial charge in [0, 0.05) is 13.1 Å². The van der Waals surface area contributed by atoms with Crippen molar-refractivity contribution in [2.24, 2.45) is 0 Å². The molecule has 0 unspecified atom stereocenters. The van der Waals surface area contributed by atoms with Crippen molar-refractivity contribution in [2.45, 2.75) is 110 Å². The Balaban J connectivity index is 1.63. The van der Waals surface area contributed by atoms with Crippen molar-refractivity contribution in [3.63, 3.8) is 0 Å². The van der Waals surface area contributed by atoms with Crippen LogP contribution in [0.5, 0.6) is 0 Å². The summed E-state index contributed by atoms with van der Waals surface area (Å²) in [7, 11) is 0. The van der Waals surface area contributed by atoms with Crippen molar-refractivity contribution in [1.82, 2.24) is 10.2 Å². The summed E-state index contributed by atoms with van der Waals surface area (Å²) in [6.45, 7) is 8.65. The summed E-state index contributed by atoms with van der Waals surface area (Å²) in [4.78, 5) is 2.60. The number of likely N-dealkylation sites (tertiary alicyclic amines) is 1.